The first-order chi connectivity index (χ1) is 10.9. The summed E-state index contributed by atoms with van der Waals surface area (Å²) in [6.45, 7) is 3.29. The van der Waals surface area contributed by atoms with Crippen LogP contribution in [0.4, 0.5) is 0 Å². The van der Waals surface area contributed by atoms with Crippen LogP contribution in [0.1, 0.15) is 19.4 Å². The molecule has 1 atom stereocenters. The minimum atomic E-state index is -0.467. The van der Waals surface area contributed by atoms with E-state index in [4.69, 9.17) is 19.9 Å². The summed E-state index contributed by atoms with van der Waals surface area (Å²) in [5.41, 5.74) is 7.39. The van der Waals surface area contributed by atoms with E-state index in [1.807, 2.05) is 0 Å². The zero-order valence-electron chi connectivity index (χ0n) is 13.8. The minimum Gasteiger partial charge on any atom is -0.496 e. The van der Waals surface area contributed by atoms with Gasteiger partial charge in [0.25, 0.3) is 0 Å². The summed E-state index contributed by atoms with van der Waals surface area (Å²) in [6.07, 6.45) is 0. The van der Waals surface area contributed by atoms with E-state index in [2.05, 4.69) is 4.99 Å². The average Bonchev–Trinajstić information content (AvgIpc) is 2.52. The van der Waals surface area contributed by atoms with Crippen LogP contribution < -0.4 is 19.9 Å². The van der Waals surface area contributed by atoms with Crippen molar-refractivity contribution < 1.29 is 19.0 Å². The number of allylic oxidation sites excluding steroid dienone is 1. The van der Waals surface area contributed by atoms with E-state index < -0.39 is 5.50 Å². The van der Waals surface area contributed by atoms with Crippen molar-refractivity contribution >= 4 is 28.2 Å². The van der Waals surface area contributed by atoms with Gasteiger partial charge in [0.15, 0.2) is 17.3 Å². The first-order valence-corrected chi connectivity index (χ1v) is 7.83. The molecular weight excluding hydrogens is 316 g/mol. The Hall–Kier alpha value is -1.99. The molecule has 1 heterocycles. The van der Waals surface area contributed by atoms with Gasteiger partial charge in [0, 0.05) is 22.2 Å². The van der Waals surface area contributed by atoms with Crippen molar-refractivity contribution in [2.45, 2.75) is 19.3 Å². The second kappa shape index (κ2) is 7.06. The van der Waals surface area contributed by atoms with Crippen molar-refractivity contribution in [1.29, 1.82) is 0 Å². The lowest BCUT2D eigenvalue weighted by atomic mass is 10.0. The zero-order chi connectivity index (χ0) is 17.1. The zero-order valence-corrected chi connectivity index (χ0v) is 14.6. The second-order valence-electron chi connectivity index (χ2n) is 4.89. The highest BCUT2D eigenvalue weighted by Crippen LogP contribution is 2.45. The highest BCUT2D eigenvalue weighted by Gasteiger charge is 2.27. The molecule has 0 radical (unpaired) electrons. The number of methoxy groups -OCH3 is 3. The number of benzene rings is 1. The van der Waals surface area contributed by atoms with Crippen molar-refractivity contribution in [2.24, 2.45) is 10.7 Å². The Morgan fingerprint density at radius 2 is 1.70 bits per heavy atom. The van der Waals surface area contributed by atoms with E-state index in [1.165, 1.54) is 18.7 Å². The second-order valence-corrected chi connectivity index (χ2v) is 6.02. The summed E-state index contributed by atoms with van der Waals surface area (Å²) >= 11 is 1.31. The summed E-state index contributed by atoms with van der Waals surface area (Å²) in [5, 5.41) is 0. The maximum atomic E-state index is 12.1. The maximum Gasteiger partial charge on any atom is 0.164 e. The molecule has 2 N–H and O–H groups in total. The summed E-state index contributed by atoms with van der Waals surface area (Å²) in [5.74, 6) is 1.60. The Bertz CT molecular complexity index is 698. The molecule has 0 aromatic heterocycles. The van der Waals surface area contributed by atoms with Gasteiger partial charge in [0.1, 0.15) is 11.2 Å². The van der Waals surface area contributed by atoms with Crippen molar-refractivity contribution in [1.82, 2.24) is 0 Å². The summed E-state index contributed by atoms with van der Waals surface area (Å²) < 4.78 is 16.1. The summed E-state index contributed by atoms with van der Waals surface area (Å²) in [7, 11) is 4.67. The molecule has 1 aliphatic rings. The molecule has 0 saturated heterocycles. The number of ketones is 1. The van der Waals surface area contributed by atoms with Gasteiger partial charge in [-0.05, 0) is 19.9 Å². The van der Waals surface area contributed by atoms with Crippen LogP contribution in [-0.4, -0.2) is 38.3 Å². The standard InChI is InChI=1S/C16H20N2O4S/c1-8-14(9(2)19)15(23-16(17)18-8)10-6-12(21-4)13(22-5)7-11(10)20-3/h6-7,16H,17H2,1-5H3. The first-order valence-electron chi connectivity index (χ1n) is 6.95. The molecule has 6 nitrogen and oxygen atoms in total. The molecule has 0 aliphatic carbocycles. The molecule has 0 bridgehead atoms. The number of hydrogen-bond acceptors (Lipinski definition) is 7. The van der Waals surface area contributed by atoms with E-state index >= 15 is 0 Å². The molecule has 0 saturated carbocycles. The van der Waals surface area contributed by atoms with Crippen molar-refractivity contribution in [3.8, 4) is 17.2 Å². The molecule has 124 valence electrons. The molecular formula is C16H20N2O4S. The van der Waals surface area contributed by atoms with Gasteiger partial charge in [-0.2, -0.15) is 0 Å². The summed E-state index contributed by atoms with van der Waals surface area (Å²) in [4.78, 5) is 17.1. The fourth-order valence-corrected chi connectivity index (χ4v) is 3.59. The number of nitrogens with zero attached hydrogens (tertiary/aromatic N) is 1. The largest absolute Gasteiger partial charge is 0.496 e. The minimum absolute atomic E-state index is 0.0718. The molecule has 0 fully saturated rings. The molecule has 0 amide bonds. The number of aliphatic imine (C=N–C) groups is 1. The molecule has 1 aromatic carbocycles. The van der Waals surface area contributed by atoms with Crippen LogP contribution in [0.15, 0.2) is 22.7 Å². The van der Waals surface area contributed by atoms with Gasteiger partial charge >= 0.3 is 0 Å². The number of nitrogens with two attached hydrogens (primary N) is 1. The lowest BCUT2D eigenvalue weighted by molar-refractivity contribution is -0.113. The van der Waals surface area contributed by atoms with Gasteiger partial charge in [-0.15, -0.1) is 0 Å². The molecule has 1 aromatic rings. The normalized spacial score (nSPS) is 17.7. The van der Waals surface area contributed by atoms with Gasteiger partial charge in [0.2, 0.25) is 0 Å². The van der Waals surface area contributed by atoms with Crippen LogP contribution in [-0.2, 0) is 4.79 Å². The average molecular weight is 336 g/mol. The van der Waals surface area contributed by atoms with E-state index in [-0.39, 0.29) is 5.78 Å². The molecule has 1 unspecified atom stereocenters. The Labute approximate surface area is 139 Å². The van der Waals surface area contributed by atoms with Gasteiger partial charge in [-0.25, -0.2) is 0 Å². The first kappa shape index (κ1) is 17.4. The Morgan fingerprint density at radius 3 is 2.22 bits per heavy atom. The molecule has 23 heavy (non-hydrogen) atoms. The SMILES string of the molecule is COc1cc(OC)c(C2=C(C(C)=O)C(C)=NC(N)S2)cc1OC. The van der Waals surface area contributed by atoms with Gasteiger partial charge < -0.3 is 19.9 Å². The number of hydrogen-bond donors (Lipinski definition) is 1. The quantitative estimate of drug-likeness (QED) is 0.889. The fourth-order valence-electron chi connectivity index (χ4n) is 2.45. The third-order valence-electron chi connectivity index (χ3n) is 3.45. The lowest BCUT2D eigenvalue weighted by Gasteiger charge is -2.23. The van der Waals surface area contributed by atoms with Crippen LogP contribution in [0.5, 0.6) is 17.2 Å². The van der Waals surface area contributed by atoms with Gasteiger partial charge in [-0.1, -0.05) is 11.8 Å². The van der Waals surface area contributed by atoms with Crippen molar-refractivity contribution in [3.63, 3.8) is 0 Å². The van der Waals surface area contributed by atoms with Crippen molar-refractivity contribution in [2.75, 3.05) is 21.3 Å². The van der Waals surface area contributed by atoms with E-state index in [1.54, 1.807) is 40.4 Å². The smallest absolute Gasteiger partial charge is 0.164 e. The number of ether oxygens (including phenoxy) is 3. The molecule has 2 rings (SSSR count). The number of carbonyl (C=O) groups excluding carboxylic acids is 1. The van der Waals surface area contributed by atoms with Crippen LogP contribution in [0.25, 0.3) is 4.91 Å². The molecule has 1 aliphatic heterocycles. The number of carbonyl (C=O) groups is 1. The Kier molecular flexibility index (Phi) is 5.33. The lowest BCUT2D eigenvalue weighted by Crippen LogP contribution is -2.23. The van der Waals surface area contributed by atoms with Crippen molar-refractivity contribution in [3.05, 3.63) is 23.3 Å². The highest BCUT2D eigenvalue weighted by molar-refractivity contribution is 8.09. The maximum absolute atomic E-state index is 12.1. The number of rotatable bonds is 5. The Morgan fingerprint density at radius 1 is 1.13 bits per heavy atom. The van der Waals surface area contributed by atoms with Gasteiger partial charge in [0.05, 0.1) is 26.9 Å². The third kappa shape index (κ3) is 3.35. The molecule has 0 spiro atoms. The van der Waals surface area contributed by atoms with Crippen LogP contribution in [0.3, 0.4) is 0 Å². The highest BCUT2D eigenvalue weighted by atomic mass is 32.2. The van der Waals surface area contributed by atoms with Crippen LogP contribution in [0.2, 0.25) is 0 Å². The van der Waals surface area contributed by atoms with E-state index in [0.29, 0.717) is 28.5 Å². The Balaban J connectivity index is 2.74. The summed E-state index contributed by atoms with van der Waals surface area (Å²) in [6, 6.07) is 3.51. The van der Waals surface area contributed by atoms with E-state index in [9.17, 15) is 4.79 Å². The predicted octanol–water partition coefficient (Wildman–Crippen LogP) is 2.46. The number of thioether (sulfide) groups is 1. The monoisotopic (exact) mass is 336 g/mol. The topological polar surface area (TPSA) is 83.1 Å². The fraction of sp³-hybridized carbons (Fsp3) is 0.375. The van der Waals surface area contributed by atoms with E-state index in [0.717, 1.165) is 10.5 Å². The predicted molar refractivity (Wildman–Crippen MR) is 92.4 cm³/mol. The van der Waals surface area contributed by atoms with Crippen LogP contribution in [0, 0.1) is 0 Å². The molecule has 7 heteroatoms. The number of Topliss-reactive ketones (excluding diaryl/α,β-unsaturated/α-hetero) is 1. The van der Waals surface area contributed by atoms with Gasteiger partial charge in [-0.3, -0.25) is 9.79 Å². The third-order valence-corrected chi connectivity index (χ3v) is 4.46. The van der Waals surface area contributed by atoms with Crippen LogP contribution >= 0.6 is 11.8 Å².